The molecule has 0 radical (unpaired) electrons. The minimum absolute atomic E-state index is 0.0431. The molecule has 0 aliphatic heterocycles. The van der Waals surface area contributed by atoms with Crippen molar-refractivity contribution in [3.05, 3.63) is 48.7 Å². The lowest BCUT2D eigenvalue weighted by Crippen LogP contribution is -2.20. The summed E-state index contributed by atoms with van der Waals surface area (Å²) >= 11 is 0. The van der Waals surface area contributed by atoms with E-state index < -0.39 is 0 Å². The van der Waals surface area contributed by atoms with Gasteiger partial charge in [0.2, 0.25) is 0 Å². The smallest absolute Gasteiger partial charge is 0.263 e. The van der Waals surface area contributed by atoms with Gasteiger partial charge < -0.3 is 15.4 Å². The van der Waals surface area contributed by atoms with Gasteiger partial charge in [0, 0.05) is 6.04 Å². The van der Waals surface area contributed by atoms with Crippen LogP contribution in [-0.2, 0) is 4.79 Å². The van der Waals surface area contributed by atoms with Gasteiger partial charge in [0.1, 0.15) is 11.6 Å². The van der Waals surface area contributed by atoms with Crippen molar-refractivity contribution < 1.29 is 9.53 Å². The maximum Gasteiger partial charge on any atom is 0.263 e. The van der Waals surface area contributed by atoms with E-state index in [1.54, 1.807) is 24.4 Å². The average Bonchev–Trinajstić information content (AvgIpc) is 2.55. The lowest BCUT2D eigenvalue weighted by molar-refractivity contribution is -0.118. The molecule has 5 heteroatoms. The van der Waals surface area contributed by atoms with Crippen LogP contribution >= 0.6 is 0 Å². The molecule has 1 amide bonds. The minimum Gasteiger partial charge on any atom is -0.484 e. The van der Waals surface area contributed by atoms with Crippen LogP contribution in [0, 0.1) is 0 Å². The average molecular weight is 299 g/mol. The summed E-state index contributed by atoms with van der Waals surface area (Å²) in [6.07, 6.45) is 2.75. The lowest BCUT2D eigenvalue weighted by Gasteiger charge is -2.13. The molecule has 1 heterocycles. The van der Waals surface area contributed by atoms with Crippen molar-refractivity contribution in [2.45, 2.75) is 26.3 Å². The third-order valence-corrected chi connectivity index (χ3v) is 3.17. The second-order valence-corrected chi connectivity index (χ2v) is 5.04. The van der Waals surface area contributed by atoms with Gasteiger partial charge in [-0.15, -0.1) is 0 Å². The summed E-state index contributed by atoms with van der Waals surface area (Å²) in [6, 6.07) is 13.3. The molecule has 1 unspecified atom stereocenters. The van der Waals surface area contributed by atoms with Crippen LogP contribution in [-0.4, -0.2) is 23.5 Å². The highest BCUT2D eigenvalue weighted by atomic mass is 16.5. The summed E-state index contributed by atoms with van der Waals surface area (Å²) in [4.78, 5) is 16.0. The third-order valence-electron chi connectivity index (χ3n) is 3.17. The number of hydrogen-bond donors (Lipinski definition) is 2. The van der Waals surface area contributed by atoms with Crippen molar-refractivity contribution in [1.29, 1.82) is 0 Å². The van der Waals surface area contributed by atoms with Crippen LogP contribution in [0.4, 0.5) is 11.5 Å². The number of nitrogens with zero attached hydrogens (tertiary/aromatic N) is 1. The first-order valence-corrected chi connectivity index (χ1v) is 7.37. The molecule has 2 N–H and O–H groups in total. The fraction of sp³-hybridized carbons (Fsp3) is 0.294. The first-order chi connectivity index (χ1) is 10.7. The summed E-state index contributed by atoms with van der Waals surface area (Å²) in [5.74, 6) is 0.939. The maximum atomic E-state index is 11.8. The Labute approximate surface area is 130 Å². The number of amides is 1. The highest BCUT2D eigenvalue weighted by molar-refractivity contribution is 5.91. The molecule has 0 aliphatic carbocycles. The van der Waals surface area contributed by atoms with Crippen LogP contribution in [0.2, 0.25) is 0 Å². The van der Waals surface area contributed by atoms with Gasteiger partial charge in [0.05, 0.1) is 11.9 Å². The number of hydrogen-bond acceptors (Lipinski definition) is 4. The Balaban J connectivity index is 1.81. The maximum absolute atomic E-state index is 11.8. The van der Waals surface area contributed by atoms with E-state index in [-0.39, 0.29) is 12.5 Å². The number of carbonyl (C=O) groups excluding carboxylic acids is 1. The molecule has 1 aromatic heterocycles. The topological polar surface area (TPSA) is 63.2 Å². The molecule has 0 aliphatic rings. The largest absolute Gasteiger partial charge is 0.484 e. The zero-order valence-electron chi connectivity index (χ0n) is 12.9. The Hall–Kier alpha value is -2.56. The molecule has 0 saturated heterocycles. The first-order valence-electron chi connectivity index (χ1n) is 7.37. The molecule has 1 aromatic carbocycles. The summed E-state index contributed by atoms with van der Waals surface area (Å²) < 4.78 is 5.38. The highest BCUT2D eigenvalue weighted by Gasteiger charge is 2.05. The second kappa shape index (κ2) is 8.02. The number of para-hydroxylation sites is 1. The molecular weight excluding hydrogens is 278 g/mol. The SMILES string of the molecule is CCC(C)Nc1ccc(NC(=O)COc2ccccc2)nc1. The van der Waals surface area contributed by atoms with E-state index >= 15 is 0 Å². The minimum atomic E-state index is -0.237. The third kappa shape index (κ3) is 5.09. The quantitative estimate of drug-likeness (QED) is 0.823. The summed E-state index contributed by atoms with van der Waals surface area (Å²) in [5.41, 5.74) is 0.938. The Bertz CT molecular complexity index is 585. The van der Waals surface area contributed by atoms with E-state index in [1.165, 1.54) is 0 Å². The Morgan fingerprint density at radius 2 is 2.00 bits per heavy atom. The molecule has 5 nitrogen and oxygen atoms in total. The number of rotatable bonds is 7. The van der Waals surface area contributed by atoms with Gasteiger partial charge in [-0.3, -0.25) is 4.79 Å². The van der Waals surface area contributed by atoms with Gasteiger partial charge in [-0.1, -0.05) is 25.1 Å². The highest BCUT2D eigenvalue weighted by Crippen LogP contribution is 2.12. The van der Waals surface area contributed by atoms with Gasteiger partial charge in [-0.25, -0.2) is 4.98 Å². The van der Waals surface area contributed by atoms with E-state index in [4.69, 9.17) is 4.74 Å². The molecule has 0 saturated carbocycles. The molecule has 2 aromatic rings. The van der Waals surface area contributed by atoms with Gasteiger partial charge in [0.25, 0.3) is 5.91 Å². The van der Waals surface area contributed by atoms with Crippen LogP contribution in [0.1, 0.15) is 20.3 Å². The second-order valence-electron chi connectivity index (χ2n) is 5.04. The fourth-order valence-electron chi connectivity index (χ4n) is 1.78. The molecule has 0 bridgehead atoms. The summed E-state index contributed by atoms with van der Waals surface area (Å²) in [5, 5.41) is 6.02. The van der Waals surface area contributed by atoms with Gasteiger partial charge >= 0.3 is 0 Å². The van der Waals surface area contributed by atoms with Crippen LogP contribution in [0.25, 0.3) is 0 Å². The molecule has 116 valence electrons. The van der Waals surface area contributed by atoms with E-state index in [1.807, 2.05) is 24.3 Å². The van der Waals surface area contributed by atoms with Crippen molar-refractivity contribution >= 4 is 17.4 Å². The first kappa shape index (κ1) is 15.8. The predicted molar refractivity (Wildman–Crippen MR) is 88.2 cm³/mol. The van der Waals surface area contributed by atoms with Crippen LogP contribution in [0.3, 0.4) is 0 Å². The van der Waals surface area contributed by atoms with E-state index in [0.717, 1.165) is 12.1 Å². The van der Waals surface area contributed by atoms with Gasteiger partial charge in [0.15, 0.2) is 6.61 Å². The van der Waals surface area contributed by atoms with Crippen LogP contribution in [0.5, 0.6) is 5.75 Å². The van der Waals surface area contributed by atoms with Crippen molar-refractivity contribution in [3.8, 4) is 5.75 Å². The molecule has 22 heavy (non-hydrogen) atoms. The van der Waals surface area contributed by atoms with Gasteiger partial charge in [-0.05, 0) is 37.6 Å². The number of ether oxygens (including phenoxy) is 1. The molecule has 0 spiro atoms. The van der Waals surface area contributed by atoms with Crippen molar-refractivity contribution in [3.63, 3.8) is 0 Å². The normalized spacial score (nSPS) is 11.5. The predicted octanol–water partition coefficient (Wildman–Crippen LogP) is 3.31. The zero-order chi connectivity index (χ0) is 15.8. The Morgan fingerprint density at radius 3 is 2.64 bits per heavy atom. The zero-order valence-corrected chi connectivity index (χ0v) is 12.9. The number of pyridine rings is 1. The van der Waals surface area contributed by atoms with Crippen molar-refractivity contribution in [2.75, 3.05) is 17.2 Å². The molecule has 0 fully saturated rings. The standard InChI is InChI=1S/C17H21N3O2/c1-3-13(2)19-14-9-10-16(18-11-14)20-17(21)12-22-15-7-5-4-6-8-15/h4-11,13,19H,3,12H2,1-2H3,(H,18,20,21). The summed E-state index contributed by atoms with van der Waals surface area (Å²) in [7, 11) is 0. The van der Waals surface area contributed by atoms with Crippen LogP contribution < -0.4 is 15.4 Å². The van der Waals surface area contributed by atoms with E-state index in [9.17, 15) is 4.79 Å². The number of benzene rings is 1. The van der Waals surface area contributed by atoms with E-state index in [2.05, 4.69) is 29.5 Å². The summed E-state index contributed by atoms with van der Waals surface area (Å²) in [6.45, 7) is 4.18. The monoisotopic (exact) mass is 299 g/mol. The molecular formula is C17H21N3O2. The molecule has 1 atom stereocenters. The number of anilines is 2. The van der Waals surface area contributed by atoms with E-state index in [0.29, 0.717) is 17.6 Å². The molecule has 2 rings (SSSR count). The van der Waals surface area contributed by atoms with Crippen LogP contribution in [0.15, 0.2) is 48.7 Å². The number of aromatic nitrogens is 1. The van der Waals surface area contributed by atoms with Crippen molar-refractivity contribution in [2.24, 2.45) is 0 Å². The Kier molecular flexibility index (Phi) is 5.77. The van der Waals surface area contributed by atoms with Gasteiger partial charge in [-0.2, -0.15) is 0 Å². The van der Waals surface area contributed by atoms with Crippen molar-refractivity contribution in [1.82, 2.24) is 4.98 Å². The Morgan fingerprint density at radius 1 is 1.23 bits per heavy atom. The number of nitrogens with one attached hydrogen (secondary N) is 2. The number of carbonyl (C=O) groups is 1. The lowest BCUT2D eigenvalue weighted by atomic mass is 10.2. The fourth-order valence-corrected chi connectivity index (χ4v) is 1.78.